The number of pyridine rings is 1. The van der Waals surface area contributed by atoms with Crippen LogP contribution in [-0.2, 0) is 19.9 Å². The zero-order valence-corrected chi connectivity index (χ0v) is 12.1. The molecule has 1 aliphatic carbocycles. The van der Waals surface area contributed by atoms with E-state index in [-0.39, 0.29) is 17.5 Å². The van der Waals surface area contributed by atoms with E-state index in [4.69, 9.17) is 0 Å². The first kappa shape index (κ1) is 13.1. The molecule has 0 fully saturated rings. The molecule has 2 aromatic rings. The Balaban J connectivity index is 1.75. The number of fused-ring (bicyclic) bond motifs is 1. The van der Waals surface area contributed by atoms with Crippen molar-refractivity contribution in [1.29, 1.82) is 0 Å². The molecule has 1 aliphatic rings. The van der Waals surface area contributed by atoms with Gasteiger partial charge in [-0.3, -0.25) is 9.59 Å². The first-order valence-corrected chi connectivity index (χ1v) is 7.60. The molecule has 1 amide bonds. The molecule has 0 saturated carbocycles. The minimum absolute atomic E-state index is 0.00970. The van der Waals surface area contributed by atoms with Crippen LogP contribution in [0.5, 0.6) is 0 Å². The highest BCUT2D eigenvalue weighted by Crippen LogP contribution is 2.20. The lowest BCUT2D eigenvalue weighted by atomic mass is 9.91. The molecule has 4 nitrogen and oxygen atoms in total. The molecule has 0 radical (unpaired) electrons. The fourth-order valence-electron chi connectivity index (χ4n) is 2.71. The molecule has 0 spiro atoms. The van der Waals surface area contributed by atoms with Crippen LogP contribution in [-0.4, -0.2) is 16.5 Å². The monoisotopic (exact) mass is 288 g/mol. The van der Waals surface area contributed by atoms with E-state index >= 15 is 0 Å². The van der Waals surface area contributed by atoms with Gasteiger partial charge in [0.05, 0.1) is 0 Å². The Kier molecular flexibility index (Phi) is 3.44. The largest absolute Gasteiger partial charge is 0.349 e. The molecule has 1 unspecified atom stereocenters. The summed E-state index contributed by atoms with van der Waals surface area (Å²) in [4.78, 5) is 23.6. The first-order chi connectivity index (χ1) is 9.65. The normalized spacial score (nSPS) is 17.6. The highest BCUT2D eigenvalue weighted by molar-refractivity contribution is 7.08. The van der Waals surface area contributed by atoms with E-state index in [1.165, 1.54) is 11.3 Å². The Morgan fingerprint density at radius 1 is 1.40 bits per heavy atom. The third-order valence-corrected chi connectivity index (χ3v) is 4.53. The molecule has 20 heavy (non-hydrogen) atoms. The summed E-state index contributed by atoms with van der Waals surface area (Å²) >= 11 is 1.52. The van der Waals surface area contributed by atoms with E-state index in [0.717, 1.165) is 36.1 Å². The van der Waals surface area contributed by atoms with Gasteiger partial charge < -0.3 is 9.88 Å². The van der Waals surface area contributed by atoms with Gasteiger partial charge in [0.1, 0.15) is 0 Å². The van der Waals surface area contributed by atoms with Gasteiger partial charge >= 0.3 is 0 Å². The SMILES string of the molecule is Cn1c2c(ccc1=O)CC(NC(=O)c1ccsc1)CC2. The van der Waals surface area contributed by atoms with Crippen LogP contribution in [0.25, 0.3) is 0 Å². The molecule has 0 bridgehead atoms. The van der Waals surface area contributed by atoms with Crippen molar-refractivity contribution in [1.82, 2.24) is 9.88 Å². The summed E-state index contributed by atoms with van der Waals surface area (Å²) in [6, 6.07) is 5.47. The van der Waals surface area contributed by atoms with Crippen LogP contribution in [0.2, 0.25) is 0 Å². The smallest absolute Gasteiger partial charge is 0.252 e. The zero-order chi connectivity index (χ0) is 14.1. The lowest BCUT2D eigenvalue weighted by Crippen LogP contribution is -2.40. The molecule has 0 saturated heterocycles. The number of thiophene rings is 1. The average molecular weight is 288 g/mol. The van der Waals surface area contributed by atoms with Gasteiger partial charge in [-0.05, 0) is 36.3 Å². The summed E-state index contributed by atoms with van der Waals surface area (Å²) in [5.41, 5.74) is 3.01. The van der Waals surface area contributed by atoms with E-state index in [1.807, 2.05) is 29.9 Å². The van der Waals surface area contributed by atoms with E-state index in [2.05, 4.69) is 5.32 Å². The standard InChI is InChI=1S/C15H16N2O2S/c1-17-13-4-3-12(8-10(13)2-5-14(17)18)16-15(19)11-6-7-20-9-11/h2,5-7,9,12H,3-4,8H2,1H3,(H,16,19). The van der Waals surface area contributed by atoms with E-state index < -0.39 is 0 Å². The Labute approximate surface area is 121 Å². The van der Waals surface area contributed by atoms with Crippen LogP contribution in [0.15, 0.2) is 33.8 Å². The predicted octanol–water partition coefficient (Wildman–Crippen LogP) is 1.73. The maximum Gasteiger partial charge on any atom is 0.252 e. The van der Waals surface area contributed by atoms with Crippen molar-refractivity contribution >= 4 is 17.2 Å². The third-order valence-electron chi connectivity index (χ3n) is 3.85. The summed E-state index contributed by atoms with van der Waals surface area (Å²) in [6.07, 6.45) is 2.50. The molecule has 2 aromatic heterocycles. The van der Waals surface area contributed by atoms with Crippen molar-refractivity contribution < 1.29 is 4.79 Å². The molecular formula is C15H16N2O2S. The van der Waals surface area contributed by atoms with Gasteiger partial charge in [-0.15, -0.1) is 0 Å². The molecule has 5 heteroatoms. The number of amides is 1. The van der Waals surface area contributed by atoms with Crippen molar-refractivity contribution in [2.24, 2.45) is 7.05 Å². The van der Waals surface area contributed by atoms with Crippen molar-refractivity contribution in [2.75, 3.05) is 0 Å². The number of hydrogen-bond donors (Lipinski definition) is 1. The Hall–Kier alpha value is -1.88. The van der Waals surface area contributed by atoms with Crippen molar-refractivity contribution in [3.8, 4) is 0 Å². The van der Waals surface area contributed by atoms with Crippen LogP contribution < -0.4 is 10.9 Å². The summed E-state index contributed by atoms with van der Waals surface area (Å²) in [6.45, 7) is 0. The number of hydrogen-bond acceptors (Lipinski definition) is 3. The van der Waals surface area contributed by atoms with Crippen LogP contribution in [0.3, 0.4) is 0 Å². The first-order valence-electron chi connectivity index (χ1n) is 6.66. The number of carbonyl (C=O) groups is 1. The summed E-state index contributed by atoms with van der Waals surface area (Å²) in [5.74, 6) is -0.00970. The van der Waals surface area contributed by atoms with E-state index in [1.54, 1.807) is 10.6 Å². The number of aromatic nitrogens is 1. The van der Waals surface area contributed by atoms with Crippen LogP contribution in [0, 0.1) is 0 Å². The average Bonchev–Trinajstić information content (AvgIpc) is 2.97. The Bertz CT molecular complexity index is 688. The zero-order valence-electron chi connectivity index (χ0n) is 11.3. The minimum Gasteiger partial charge on any atom is -0.349 e. The van der Waals surface area contributed by atoms with Crippen molar-refractivity contribution in [2.45, 2.75) is 25.3 Å². The number of nitrogens with zero attached hydrogens (tertiary/aromatic N) is 1. The predicted molar refractivity (Wildman–Crippen MR) is 79.3 cm³/mol. The fraction of sp³-hybridized carbons (Fsp3) is 0.333. The fourth-order valence-corrected chi connectivity index (χ4v) is 3.34. The maximum absolute atomic E-state index is 12.0. The Morgan fingerprint density at radius 2 is 2.25 bits per heavy atom. The van der Waals surface area contributed by atoms with Gasteiger partial charge in [-0.2, -0.15) is 11.3 Å². The lowest BCUT2D eigenvalue weighted by molar-refractivity contribution is 0.0934. The molecular weight excluding hydrogens is 272 g/mol. The molecule has 1 atom stereocenters. The number of carbonyl (C=O) groups excluding carboxylic acids is 1. The van der Waals surface area contributed by atoms with E-state index in [0.29, 0.717) is 0 Å². The third kappa shape index (κ3) is 2.41. The summed E-state index contributed by atoms with van der Waals surface area (Å²) in [5, 5.41) is 6.84. The topological polar surface area (TPSA) is 51.1 Å². The number of rotatable bonds is 2. The van der Waals surface area contributed by atoms with Crippen LogP contribution in [0.4, 0.5) is 0 Å². The molecule has 2 heterocycles. The van der Waals surface area contributed by atoms with E-state index in [9.17, 15) is 9.59 Å². The van der Waals surface area contributed by atoms with Gasteiger partial charge in [0.2, 0.25) is 5.56 Å². The summed E-state index contributed by atoms with van der Waals surface area (Å²) in [7, 11) is 1.81. The minimum atomic E-state index is -0.00970. The van der Waals surface area contributed by atoms with Crippen molar-refractivity contribution in [3.63, 3.8) is 0 Å². The maximum atomic E-state index is 12.0. The molecule has 104 valence electrons. The second kappa shape index (κ2) is 5.25. The molecule has 0 aliphatic heterocycles. The summed E-state index contributed by atoms with van der Waals surface area (Å²) < 4.78 is 1.71. The molecule has 0 aromatic carbocycles. The second-order valence-corrected chi connectivity index (χ2v) is 5.91. The molecule has 1 N–H and O–H groups in total. The van der Waals surface area contributed by atoms with Gasteiger partial charge in [-0.25, -0.2) is 0 Å². The quantitative estimate of drug-likeness (QED) is 0.915. The van der Waals surface area contributed by atoms with Gasteiger partial charge in [0.25, 0.3) is 5.91 Å². The van der Waals surface area contributed by atoms with Gasteiger partial charge in [0, 0.05) is 35.8 Å². The second-order valence-electron chi connectivity index (χ2n) is 5.13. The Morgan fingerprint density at radius 3 is 3.00 bits per heavy atom. The van der Waals surface area contributed by atoms with Crippen LogP contribution >= 0.6 is 11.3 Å². The van der Waals surface area contributed by atoms with Gasteiger partial charge in [-0.1, -0.05) is 6.07 Å². The number of nitrogens with one attached hydrogen (secondary N) is 1. The highest BCUT2D eigenvalue weighted by atomic mass is 32.1. The van der Waals surface area contributed by atoms with Crippen molar-refractivity contribution in [3.05, 3.63) is 56.1 Å². The van der Waals surface area contributed by atoms with Crippen LogP contribution in [0.1, 0.15) is 28.0 Å². The molecule has 3 rings (SSSR count). The van der Waals surface area contributed by atoms with Gasteiger partial charge in [0.15, 0.2) is 0 Å². The highest BCUT2D eigenvalue weighted by Gasteiger charge is 2.22. The lowest BCUT2D eigenvalue weighted by Gasteiger charge is -2.26.